The van der Waals surface area contributed by atoms with Gasteiger partial charge in [-0.1, -0.05) is 5.57 Å². The normalized spacial score (nSPS) is 10.2. The predicted molar refractivity (Wildman–Crippen MR) is 47.7 cm³/mol. The smallest absolute Gasteiger partial charge is 0.0859 e. The van der Waals surface area contributed by atoms with Gasteiger partial charge in [-0.3, -0.25) is 0 Å². The molecule has 0 aliphatic heterocycles. The Balaban J connectivity index is 2.86. The number of hydrogen-bond donors (Lipinski definition) is 1. The van der Waals surface area contributed by atoms with E-state index >= 15 is 0 Å². The van der Waals surface area contributed by atoms with Crippen LogP contribution in [-0.2, 0) is 9.78 Å². The maximum atomic E-state index is 8.43. The predicted octanol–water partition coefficient (Wildman–Crippen LogP) is 1.67. The molecule has 3 nitrogen and oxygen atoms in total. The number of unbranched alkanes of at least 4 members (excludes halogenated alkanes) is 1. The number of rotatable bonds is 8. The third kappa shape index (κ3) is 9.62. The first-order valence-corrected chi connectivity index (χ1v) is 4.27. The van der Waals surface area contributed by atoms with Crippen LogP contribution < -0.4 is 0 Å². The van der Waals surface area contributed by atoms with Crippen molar-refractivity contribution in [2.75, 3.05) is 19.8 Å². The molecule has 0 aliphatic carbocycles. The second-order valence-corrected chi connectivity index (χ2v) is 2.78. The van der Waals surface area contributed by atoms with Crippen molar-refractivity contribution in [1.29, 1.82) is 0 Å². The largest absolute Gasteiger partial charge is 0.396 e. The van der Waals surface area contributed by atoms with Gasteiger partial charge in [0.1, 0.15) is 0 Å². The third-order valence-corrected chi connectivity index (χ3v) is 1.33. The molecule has 0 spiro atoms. The monoisotopic (exact) mass is 174 g/mol. The summed E-state index contributed by atoms with van der Waals surface area (Å²) in [5, 5.41) is 8.43. The second kappa shape index (κ2) is 8.71. The fraction of sp³-hybridized carbons (Fsp3) is 0.778. The van der Waals surface area contributed by atoms with Gasteiger partial charge in [0.05, 0.1) is 13.2 Å². The number of hydrogen-bond acceptors (Lipinski definition) is 3. The van der Waals surface area contributed by atoms with Gasteiger partial charge in [0.15, 0.2) is 0 Å². The van der Waals surface area contributed by atoms with Gasteiger partial charge < -0.3 is 5.11 Å². The van der Waals surface area contributed by atoms with Crippen molar-refractivity contribution >= 4 is 0 Å². The average Bonchev–Trinajstić information content (AvgIpc) is 2.02. The molecule has 0 atom stereocenters. The molecule has 0 radical (unpaired) electrons. The van der Waals surface area contributed by atoms with Crippen LogP contribution in [0.4, 0.5) is 0 Å². The molecule has 72 valence electrons. The summed E-state index contributed by atoms with van der Waals surface area (Å²) in [4.78, 5) is 9.68. The third-order valence-electron chi connectivity index (χ3n) is 1.33. The Morgan fingerprint density at radius 3 is 2.50 bits per heavy atom. The number of aliphatic hydroxyl groups is 1. The Morgan fingerprint density at radius 2 is 1.92 bits per heavy atom. The molecule has 3 heteroatoms. The first-order chi connectivity index (χ1) is 5.77. The summed E-state index contributed by atoms with van der Waals surface area (Å²) in [5.41, 5.74) is 1.09. The lowest BCUT2D eigenvalue weighted by Crippen LogP contribution is -1.99. The van der Waals surface area contributed by atoms with Crippen molar-refractivity contribution in [2.45, 2.75) is 26.2 Å². The highest BCUT2D eigenvalue weighted by atomic mass is 17.2. The Labute approximate surface area is 73.9 Å². The maximum absolute atomic E-state index is 8.43. The first kappa shape index (κ1) is 11.6. The lowest BCUT2D eigenvalue weighted by Gasteiger charge is -2.02. The molecule has 0 rings (SSSR count). The molecule has 0 amide bonds. The van der Waals surface area contributed by atoms with Gasteiger partial charge in [-0.15, -0.1) is 6.58 Å². The zero-order valence-electron chi connectivity index (χ0n) is 7.71. The molecular weight excluding hydrogens is 156 g/mol. The summed E-state index contributed by atoms with van der Waals surface area (Å²) < 4.78 is 0. The maximum Gasteiger partial charge on any atom is 0.0859 e. The minimum absolute atomic E-state index is 0.217. The first-order valence-electron chi connectivity index (χ1n) is 4.27. The molecule has 0 saturated heterocycles. The summed E-state index contributed by atoms with van der Waals surface area (Å²) in [5.74, 6) is 0. The van der Waals surface area contributed by atoms with Crippen LogP contribution in [0.2, 0.25) is 0 Å². The van der Waals surface area contributed by atoms with Gasteiger partial charge in [-0.2, -0.15) is 0 Å². The van der Waals surface area contributed by atoms with Crippen LogP contribution in [0.1, 0.15) is 26.2 Å². The van der Waals surface area contributed by atoms with E-state index < -0.39 is 0 Å². The van der Waals surface area contributed by atoms with Crippen LogP contribution in [0, 0.1) is 0 Å². The summed E-state index contributed by atoms with van der Waals surface area (Å²) in [6.45, 7) is 7.02. The second-order valence-electron chi connectivity index (χ2n) is 2.78. The van der Waals surface area contributed by atoms with Crippen LogP contribution in [0.15, 0.2) is 12.2 Å². The molecule has 1 N–H and O–H groups in total. The summed E-state index contributed by atoms with van der Waals surface area (Å²) in [6.07, 6.45) is 2.44. The topological polar surface area (TPSA) is 38.7 Å². The van der Waals surface area contributed by atoms with Crippen molar-refractivity contribution in [1.82, 2.24) is 0 Å². The van der Waals surface area contributed by atoms with Crippen LogP contribution >= 0.6 is 0 Å². The van der Waals surface area contributed by atoms with E-state index in [1.807, 2.05) is 6.92 Å². The van der Waals surface area contributed by atoms with E-state index in [1.165, 1.54) is 0 Å². The Bertz CT molecular complexity index is 112. The van der Waals surface area contributed by atoms with Crippen molar-refractivity contribution in [3.63, 3.8) is 0 Å². The van der Waals surface area contributed by atoms with E-state index in [9.17, 15) is 0 Å². The van der Waals surface area contributed by atoms with E-state index in [-0.39, 0.29) is 6.61 Å². The summed E-state index contributed by atoms with van der Waals surface area (Å²) >= 11 is 0. The molecule has 0 aliphatic rings. The van der Waals surface area contributed by atoms with Gasteiger partial charge in [0, 0.05) is 6.61 Å². The fourth-order valence-corrected chi connectivity index (χ4v) is 0.607. The van der Waals surface area contributed by atoms with E-state index in [1.54, 1.807) is 0 Å². The van der Waals surface area contributed by atoms with Gasteiger partial charge in [-0.25, -0.2) is 9.78 Å². The molecule has 0 aromatic carbocycles. The molecule has 0 unspecified atom stereocenters. The molecular formula is C9H18O3. The summed E-state index contributed by atoms with van der Waals surface area (Å²) in [6, 6.07) is 0. The quantitative estimate of drug-likeness (QED) is 0.263. The molecule has 0 aromatic heterocycles. The van der Waals surface area contributed by atoms with Crippen LogP contribution in [0.25, 0.3) is 0 Å². The lowest BCUT2D eigenvalue weighted by molar-refractivity contribution is -0.294. The van der Waals surface area contributed by atoms with Crippen LogP contribution in [0.3, 0.4) is 0 Å². The van der Waals surface area contributed by atoms with Gasteiger partial charge in [0.25, 0.3) is 0 Å². The van der Waals surface area contributed by atoms with Crippen molar-refractivity contribution in [3.05, 3.63) is 12.2 Å². The Hall–Kier alpha value is -0.380. The fourth-order valence-electron chi connectivity index (χ4n) is 0.607. The highest BCUT2D eigenvalue weighted by Crippen LogP contribution is 1.96. The van der Waals surface area contributed by atoms with E-state index in [2.05, 4.69) is 6.58 Å². The minimum Gasteiger partial charge on any atom is -0.396 e. The van der Waals surface area contributed by atoms with Crippen LogP contribution in [-0.4, -0.2) is 24.9 Å². The van der Waals surface area contributed by atoms with Gasteiger partial charge >= 0.3 is 0 Å². The van der Waals surface area contributed by atoms with E-state index in [4.69, 9.17) is 14.9 Å². The summed E-state index contributed by atoms with van der Waals surface area (Å²) in [7, 11) is 0. The average molecular weight is 174 g/mol. The van der Waals surface area contributed by atoms with Crippen LogP contribution in [0.5, 0.6) is 0 Å². The standard InChI is InChI=1S/C9H18O3/c1-9(2)5-8-12-11-7-4-3-6-10/h10H,1,3-8H2,2H3. The highest BCUT2D eigenvalue weighted by Gasteiger charge is 1.90. The van der Waals surface area contributed by atoms with Crippen molar-refractivity contribution < 1.29 is 14.9 Å². The van der Waals surface area contributed by atoms with Crippen molar-refractivity contribution in [2.24, 2.45) is 0 Å². The molecule has 0 bridgehead atoms. The highest BCUT2D eigenvalue weighted by molar-refractivity contribution is 4.86. The SMILES string of the molecule is C=C(C)CCOOCCCCO. The lowest BCUT2D eigenvalue weighted by atomic mass is 10.3. The zero-order valence-corrected chi connectivity index (χ0v) is 7.71. The van der Waals surface area contributed by atoms with Gasteiger partial charge in [0.2, 0.25) is 0 Å². The Kier molecular flexibility index (Phi) is 8.44. The van der Waals surface area contributed by atoms with Crippen molar-refractivity contribution in [3.8, 4) is 0 Å². The molecule has 0 fully saturated rings. The molecule has 0 aromatic rings. The number of aliphatic hydroxyl groups excluding tert-OH is 1. The minimum atomic E-state index is 0.217. The van der Waals surface area contributed by atoms with E-state index in [0.717, 1.165) is 24.8 Å². The molecule has 0 heterocycles. The van der Waals surface area contributed by atoms with E-state index in [0.29, 0.717) is 13.2 Å². The Morgan fingerprint density at radius 1 is 1.25 bits per heavy atom. The zero-order chi connectivity index (χ0) is 9.23. The molecule has 0 saturated carbocycles. The van der Waals surface area contributed by atoms with Gasteiger partial charge in [-0.05, 0) is 26.2 Å². The molecule has 12 heavy (non-hydrogen) atoms.